The topological polar surface area (TPSA) is 68.2 Å². The monoisotopic (exact) mass is 402 g/mol. The van der Waals surface area contributed by atoms with Gasteiger partial charge in [-0.05, 0) is 35.9 Å². The molecule has 4 rings (SSSR count). The summed E-state index contributed by atoms with van der Waals surface area (Å²) in [6.07, 6.45) is 3.31. The van der Waals surface area contributed by atoms with Crippen molar-refractivity contribution in [3.8, 4) is 16.6 Å². The second-order valence-corrected chi connectivity index (χ2v) is 7.04. The van der Waals surface area contributed by atoms with E-state index in [-0.39, 0.29) is 5.91 Å². The molecule has 0 fully saturated rings. The minimum absolute atomic E-state index is 0.183. The number of amides is 1. The molecular weight excluding hydrogens is 384 g/mol. The summed E-state index contributed by atoms with van der Waals surface area (Å²) < 4.78 is 5.24. The summed E-state index contributed by atoms with van der Waals surface area (Å²) >= 11 is 1.35. The fourth-order valence-corrected chi connectivity index (χ4v) is 3.57. The number of hydrogen-bond donors (Lipinski definition) is 0. The maximum absolute atomic E-state index is 13.3. The van der Waals surface area contributed by atoms with Gasteiger partial charge in [0.05, 0.1) is 13.7 Å². The molecule has 1 amide bonds. The third kappa shape index (κ3) is 4.30. The summed E-state index contributed by atoms with van der Waals surface area (Å²) in [4.78, 5) is 28.0. The maximum Gasteiger partial charge on any atom is 0.278 e. The van der Waals surface area contributed by atoms with Crippen LogP contribution < -0.4 is 9.64 Å². The van der Waals surface area contributed by atoms with E-state index in [1.807, 2.05) is 54.6 Å². The van der Waals surface area contributed by atoms with Crippen molar-refractivity contribution in [3.05, 3.63) is 89.7 Å². The van der Waals surface area contributed by atoms with Crippen LogP contribution in [0.25, 0.3) is 10.8 Å². The first-order valence-electron chi connectivity index (χ1n) is 8.97. The van der Waals surface area contributed by atoms with Crippen molar-refractivity contribution in [3.63, 3.8) is 0 Å². The molecule has 144 valence electrons. The molecule has 0 N–H and O–H groups in total. The molecule has 0 radical (unpaired) electrons. The van der Waals surface area contributed by atoms with Gasteiger partial charge in [0, 0.05) is 23.5 Å². The Labute approximate surface area is 172 Å². The highest BCUT2D eigenvalue weighted by atomic mass is 32.1. The van der Waals surface area contributed by atoms with E-state index in [2.05, 4.69) is 15.0 Å². The quantitative estimate of drug-likeness (QED) is 0.476. The molecule has 0 aliphatic heterocycles. The summed E-state index contributed by atoms with van der Waals surface area (Å²) in [5.74, 6) is 1.06. The average molecular weight is 402 g/mol. The predicted octanol–water partition coefficient (Wildman–Crippen LogP) is 4.46. The van der Waals surface area contributed by atoms with Crippen LogP contribution in [0.15, 0.2) is 78.4 Å². The van der Waals surface area contributed by atoms with Gasteiger partial charge in [-0.1, -0.05) is 30.3 Å². The lowest BCUT2D eigenvalue weighted by atomic mass is 10.2. The molecule has 0 atom stereocenters. The van der Waals surface area contributed by atoms with Gasteiger partial charge < -0.3 is 9.64 Å². The number of hydrogen-bond acceptors (Lipinski definition) is 6. The summed E-state index contributed by atoms with van der Waals surface area (Å²) in [6.45, 7) is 0.431. The second kappa shape index (κ2) is 8.62. The average Bonchev–Trinajstić information content (AvgIpc) is 3.29. The van der Waals surface area contributed by atoms with Gasteiger partial charge in [-0.3, -0.25) is 4.79 Å². The Kier molecular flexibility index (Phi) is 5.58. The molecule has 2 aromatic heterocycles. The molecule has 0 spiro atoms. The fourth-order valence-electron chi connectivity index (χ4n) is 2.83. The molecule has 6 nitrogen and oxygen atoms in total. The van der Waals surface area contributed by atoms with Crippen molar-refractivity contribution in [2.75, 3.05) is 12.0 Å². The molecular formula is C22H18N4O2S. The number of ether oxygens (including phenoxy) is 1. The SMILES string of the molecule is COc1ccc(N(Cc2ccccc2)C(=O)c2csc(-c3ncccn3)n2)cc1. The highest BCUT2D eigenvalue weighted by Gasteiger charge is 2.22. The van der Waals surface area contributed by atoms with Crippen LogP contribution in [-0.2, 0) is 6.54 Å². The molecule has 7 heteroatoms. The Morgan fingerprint density at radius 1 is 1.00 bits per heavy atom. The van der Waals surface area contributed by atoms with Crippen molar-refractivity contribution in [2.24, 2.45) is 0 Å². The summed E-state index contributed by atoms with van der Waals surface area (Å²) in [6, 6.07) is 19.0. The minimum atomic E-state index is -0.183. The van der Waals surface area contributed by atoms with Crippen molar-refractivity contribution >= 4 is 22.9 Å². The first kappa shape index (κ1) is 18.8. The Morgan fingerprint density at radius 3 is 2.41 bits per heavy atom. The third-order valence-corrected chi connectivity index (χ3v) is 5.13. The van der Waals surface area contributed by atoms with Crippen molar-refractivity contribution in [2.45, 2.75) is 6.54 Å². The van der Waals surface area contributed by atoms with Crippen LogP contribution in [0.2, 0.25) is 0 Å². The van der Waals surface area contributed by atoms with Gasteiger partial charge in [-0.2, -0.15) is 0 Å². The number of rotatable bonds is 6. The van der Waals surface area contributed by atoms with E-state index in [1.165, 1.54) is 11.3 Å². The smallest absolute Gasteiger partial charge is 0.278 e. The fraction of sp³-hybridized carbons (Fsp3) is 0.0909. The Hall–Kier alpha value is -3.58. The van der Waals surface area contributed by atoms with Crippen LogP contribution in [0.3, 0.4) is 0 Å². The lowest BCUT2D eigenvalue weighted by molar-refractivity contribution is 0.0981. The predicted molar refractivity (Wildman–Crippen MR) is 113 cm³/mol. The molecule has 0 saturated carbocycles. The highest BCUT2D eigenvalue weighted by Crippen LogP contribution is 2.25. The van der Waals surface area contributed by atoms with E-state index in [4.69, 9.17) is 4.74 Å². The van der Waals surface area contributed by atoms with Crippen LogP contribution in [0.5, 0.6) is 5.75 Å². The van der Waals surface area contributed by atoms with Gasteiger partial charge in [-0.15, -0.1) is 11.3 Å². The number of anilines is 1. The van der Waals surface area contributed by atoms with Crippen LogP contribution in [0, 0.1) is 0 Å². The van der Waals surface area contributed by atoms with Gasteiger partial charge in [0.2, 0.25) is 0 Å². The number of methoxy groups -OCH3 is 1. The van der Waals surface area contributed by atoms with Crippen molar-refractivity contribution < 1.29 is 9.53 Å². The molecule has 0 aliphatic carbocycles. The molecule has 0 unspecified atom stereocenters. The van der Waals surface area contributed by atoms with Crippen LogP contribution >= 0.6 is 11.3 Å². The van der Waals surface area contributed by atoms with E-state index >= 15 is 0 Å². The normalized spacial score (nSPS) is 10.5. The zero-order valence-corrected chi connectivity index (χ0v) is 16.5. The highest BCUT2D eigenvalue weighted by molar-refractivity contribution is 7.13. The first-order chi connectivity index (χ1) is 14.2. The summed E-state index contributed by atoms with van der Waals surface area (Å²) in [5, 5.41) is 2.36. The van der Waals surface area contributed by atoms with Crippen LogP contribution in [0.4, 0.5) is 5.69 Å². The molecule has 0 bridgehead atoms. The van der Waals surface area contributed by atoms with E-state index in [9.17, 15) is 4.79 Å². The van der Waals surface area contributed by atoms with E-state index < -0.39 is 0 Å². The lowest BCUT2D eigenvalue weighted by Gasteiger charge is -2.22. The Morgan fingerprint density at radius 2 is 1.72 bits per heavy atom. The number of carbonyl (C=O) groups excluding carboxylic acids is 1. The van der Waals surface area contributed by atoms with Gasteiger partial charge in [-0.25, -0.2) is 15.0 Å². The maximum atomic E-state index is 13.3. The number of carbonyl (C=O) groups is 1. The van der Waals surface area contributed by atoms with E-state index in [1.54, 1.807) is 35.8 Å². The van der Waals surface area contributed by atoms with Gasteiger partial charge in [0.25, 0.3) is 5.91 Å². The Bertz CT molecular complexity index is 1080. The minimum Gasteiger partial charge on any atom is -0.497 e. The second-order valence-electron chi connectivity index (χ2n) is 6.19. The summed E-state index contributed by atoms with van der Waals surface area (Å²) in [7, 11) is 1.62. The lowest BCUT2D eigenvalue weighted by Crippen LogP contribution is -2.30. The largest absolute Gasteiger partial charge is 0.497 e. The number of thiazole rings is 1. The van der Waals surface area contributed by atoms with Gasteiger partial charge >= 0.3 is 0 Å². The van der Waals surface area contributed by atoms with Gasteiger partial charge in [0.15, 0.2) is 10.8 Å². The van der Waals surface area contributed by atoms with Crippen molar-refractivity contribution in [1.82, 2.24) is 15.0 Å². The zero-order chi connectivity index (χ0) is 20.1. The first-order valence-corrected chi connectivity index (χ1v) is 9.85. The molecule has 2 aromatic carbocycles. The van der Waals surface area contributed by atoms with E-state index in [0.717, 1.165) is 17.0 Å². The number of aromatic nitrogens is 3. The summed E-state index contributed by atoms with van der Waals surface area (Å²) in [5.41, 5.74) is 2.16. The molecule has 0 aliphatic rings. The zero-order valence-electron chi connectivity index (χ0n) is 15.7. The van der Waals surface area contributed by atoms with Crippen molar-refractivity contribution in [1.29, 1.82) is 0 Å². The number of nitrogens with zero attached hydrogens (tertiary/aromatic N) is 4. The number of benzene rings is 2. The van der Waals surface area contributed by atoms with Gasteiger partial charge in [0.1, 0.15) is 11.4 Å². The van der Waals surface area contributed by atoms with Crippen LogP contribution in [-0.4, -0.2) is 28.0 Å². The Balaban J connectivity index is 1.66. The molecule has 4 aromatic rings. The molecule has 0 saturated heterocycles. The third-order valence-electron chi connectivity index (χ3n) is 4.29. The van der Waals surface area contributed by atoms with E-state index in [0.29, 0.717) is 23.1 Å². The van der Waals surface area contributed by atoms with Crippen LogP contribution in [0.1, 0.15) is 16.1 Å². The molecule has 2 heterocycles. The standard InChI is InChI=1S/C22H18N4O2S/c1-28-18-10-8-17(9-11-18)26(14-16-6-3-2-4-7-16)22(27)19-15-29-21(25-19)20-23-12-5-13-24-20/h2-13,15H,14H2,1H3. The molecule has 29 heavy (non-hydrogen) atoms.